The fraction of sp³-hybridized carbons (Fsp3) is 0.875. The summed E-state index contributed by atoms with van der Waals surface area (Å²) in [6.45, 7) is 3.43. The maximum absolute atomic E-state index is 3.56. The van der Waals surface area contributed by atoms with Crippen LogP contribution >= 0.6 is 0 Å². The predicted octanol–water partition coefficient (Wildman–Crippen LogP) is 1.35. The molecule has 2 unspecified atom stereocenters. The Bertz CT molecular complexity index is 118. The summed E-state index contributed by atoms with van der Waals surface area (Å²) in [7, 11) is 0. The lowest BCUT2D eigenvalue weighted by Crippen LogP contribution is -2.51. The van der Waals surface area contributed by atoms with E-state index in [-0.39, 0.29) is 0 Å². The van der Waals surface area contributed by atoms with Gasteiger partial charge < -0.3 is 5.32 Å². The van der Waals surface area contributed by atoms with Gasteiger partial charge in [-0.2, -0.15) is 0 Å². The molecule has 0 amide bonds. The van der Waals surface area contributed by atoms with Crippen LogP contribution in [0.4, 0.5) is 0 Å². The molecular formula is C8H14N. The summed E-state index contributed by atoms with van der Waals surface area (Å²) in [5.41, 5.74) is 0.500. The molecule has 51 valence electrons. The van der Waals surface area contributed by atoms with Gasteiger partial charge in [-0.15, -0.1) is 0 Å². The number of nitrogens with one attached hydrogen (secondary N) is 1. The fourth-order valence-electron chi connectivity index (χ4n) is 2.26. The van der Waals surface area contributed by atoms with E-state index in [2.05, 4.69) is 18.7 Å². The molecule has 0 bridgehead atoms. The first-order valence-corrected chi connectivity index (χ1v) is 3.93. The van der Waals surface area contributed by atoms with Gasteiger partial charge in [0.25, 0.3) is 0 Å². The molecule has 2 fully saturated rings. The average Bonchev–Trinajstić information content (AvgIpc) is 2.10. The molecule has 2 atom stereocenters. The Balaban J connectivity index is 2.10. The van der Waals surface area contributed by atoms with Crippen molar-refractivity contribution in [3.8, 4) is 0 Å². The molecule has 9 heavy (non-hydrogen) atoms. The third-order valence-electron chi connectivity index (χ3n) is 3.10. The van der Waals surface area contributed by atoms with Crippen molar-refractivity contribution < 1.29 is 0 Å². The number of hydrogen-bond donors (Lipinski definition) is 1. The molecule has 1 radical (unpaired) electrons. The highest BCUT2D eigenvalue weighted by molar-refractivity contribution is 5.13. The van der Waals surface area contributed by atoms with Crippen LogP contribution in [-0.4, -0.2) is 12.1 Å². The average molecular weight is 124 g/mol. The van der Waals surface area contributed by atoms with E-state index in [9.17, 15) is 0 Å². The van der Waals surface area contributed by atoms with E-state index in [1.807, 2.05) is 0 Å². The third kappa shape index (κ3) is 0.586. The van der Waals surface area contributed by atoms with Crippen molar-refractivity contribution in [1.29, 1.82) is 0 Å². The van der Waals surface area contributed by atoms with Gasteiger partial charge in [0.1, 0.15) is 0 Å². The molecule has 1 saturated carbocycles. The van der Waals surface area contributed by atoms with E-state index in [0.29, 0.717) is 5.54 Å². The van der Waals surface area contributed by atoms with Crippen molar-refractivity contribution in [2.24, 2.45) is 5.92 Å². The van der Waals surface area contributed by atoms with E-state index in [4.69, 9.17) is 0 Å². The van der Waals surface area contributed by atoms with Gasteiger partial charge in [-0.1, -0.05) is 6.92 Å². The lowest BCUT2D eigenvalue weighted by molar-refractivity contribution is 0.173. The van der Waals surface area contributed by atoms with E-state index in [0.717, 1.165) is 5.92 Å². The molecule has 1 heterocycles. The summed E-state index contributed by atoms with van der Waals surface area (Å²) in [5, 5.41) is 3.56. The molecule has 1 nitrogen and oxygen atoms in total. The van der Waals surface area contributed by atoms with Crippen molar-refractivity contribution in [1.82, 2.24) is 5.32 Å². The summed E-state index contributed by atoms with van der Waals surface area (Å²) in [6.07, 6.45) is 6.60. The van der Waals surface area contributed by atoms with Crippen molar-refractivity contribution in [2.75, 3.05) is 6.54 Å². The second-order valence-electron chi connectivity index (χ2n) is 3.28. The summed E-state index contributed by atoms with van der Waals surface area (Å²) < 4.78 is 0. The lowest BCUT2D eigenvalue weighted by Gasteiger charge is -2.44. The highest BCUT2D eigenvalue weighted by Gasteiger charge is 2.47. The molecule has 2 rings (SSSR count). The minimum Gasteiger partial charge on any atom is -0.311 e. The van der Waals surface area contributed by atoms with Crippen molar-refractivity contribution in [3.63, 3.8) is 0 Å². The standard InChI is InChI=1S/C8H14N/c1-2-8-5-3-7(8)4-6-9-8/h2,7,9H,3-6H2,1H3. The largest absolute Gasteiger partial charge is 0.311 e. The smallest absolute Gasteiger partial charge is 0.0239 e. The second kappa shape index (κ2) is 1.72. The molecule has 0 aromatic rings. The van der Waals surface area contributed by atoms with Crippen LogP contribution in [0.2, 0.25) is 0 Å². The summed E-state index contributed by atoms with van der Waals surface area (Å²) >= 11 is 0. The van der Waals surface area contributed by atoms with Crippen LogP contribution in [0, 0.1) is 12.3 Å². The SMILES string of the molecule is C[CH]C12CCC1CCN2. The minimum absolute atomic E-state index is 0.500. The Kier molecular flexibility index (Phi) is 1.10. The fourth-order valence-corrected chi connectivity index (χ4v) is 2.26. The molecule has 0 aromatic carbocycles. The molecule has 0 aromatic heterocycles. The maximum atomic E-state index is 3.56. The molecule has 1 N–H and O–H groups in total. The molecule has 1 aliphatic carbocycles. The van der Waals surface area contributed by atoms with E-state index >= 15 is 0 Å². The normalized spacial score (nSPS) is 48.3. The lowest BCUT2D eigenvalue weighted by atomic mass is 9.66. The quantitative estimate of drug-likeness (QED) is 0.556. The second-order valence-corrected chi connectivity index (χ2v) is 3.28. The van der Waals surface area contributed by atoms with E-state index < -0.39 is 0 Å². The van der Waals surface area contributed by atoms with Crippen LogP contribution in [0.25, 0.3) is 0 Å². The van der Waals surface area contributed by atoms with Gasteiger partial charge in [-0.05, 0) is 38.1 Å². The van der Waals surface area contributed by atoms with Crippen LogP contribution in [0.5, 0.6) is 0 Å². The first-order chi connectivity index (χ1) is 4.37. The molecule has 1 aliphatic heterocycles. The van der Waals surface area contributed by atoms with Crippen molar-refractivity contribution in [3.05, 3.63) is 6.42 Å². The monoisotopic (exact) mass is 124 g/mol. The highest BCUT2D eigenvalue weighted by atomic mass is 15.0. The molecule has 1 saturated heterocycles. The Morgan fingerprint density at radius 1 is 1.56 bits per heavy atom. The Labute approximate surface area is 56.8 Å². The number of fused-ring (bicyclic) bond motifs is 1. The van der Waals surface area contributed by atoms with Crippen molar-refractivity contribution >= 4 is 0 Å². The first kappa shape index (κ1) is 5.72. The Morgan fingerprint density at radius 3 is 2.78 bits per heavy atom. The maximum Gasteiger partial charge on any atom is 0.0239 e. The van der Waals surface area contributed by atoms with Gasteiger partial charge in [-0.3, -0.25) is 0 Å². The van der Waals surface area contributed by atoms with Gasteiger partial charge in [0.2, 0.25) is 0 Å². The van der Waals surface area contributed by atoms with Gasteiger partial charge in [0.05, 0.1) is 0 Å². The minimum atomic E-state index is 0.500. The topological polar surface area (TPSA) is 12.0 Å². The van der Waals surface area contributed by atoms with E-state index in [1.54, 1.807) is 0 Å². The zero-order chi connectivity index (χ0) is 6.32. The van der Waals surface area contributed by atoms with Crippen LogP contribution in [0.3, 0.4) is 0 Å². The van der Waals surface area contributed by atoms with Gasteiger partial charge >= 0.3 is 0 Å². The Hall–Kier alpha value is -0.0400. The zero-order valence-corrected chi connectivity index (χ0v) is 5.98. The number of hydrogen-bond acceptors (Lipinski definition) is 1. The molecule has 1 heteroatoms. The molecule has 2 aliphatic rings. The Morgan fingerprint density at radius 2 is 2.44 bits per heavy atom. The first-order valence-electron chi connectivity index (χ1n) is 3.93. The predicted molar refractivity (Wildman–Crippen MR) is 38.0 cm³/mol. The van der Waals surface area contributed by atoms with Crippen LogP contribution in [0.1, 0.15) is 26.2 Å². The van der Waals surface area contributed by atoms with Crippen LogP contribution in [-0.2, 0) is 0 Å². The van der Waals surface area contributed by atoms with Crippen molar-refractivity contribution in [2.45, 2.75) is 31.7 Å². The third-order valence-corrected chi connectivity index (χ3v) is 3.10. The summed E-state index contributed by atoms with van der Waals surface area (Å²) in [5.74, 6) is 0.988. The molecular weight excluding hydrogens is 110 g/mol. The highest BCUT2D eigenvalue weighted by Crippen LogP contribution is 2.45. The van der Waals surface area contributed by atoms with Crippen LogP contribution < -0.4 is 5.32 Å². The van der Waals surface area contributed by atoms with Gasteiger partial charge in [-0.25, -0.2) is 0 Å². The summed E-state index contributed by atoms with van der Waals surface area (Å²) in [6, 6.07) is 0. The molecule has 0 spiro atoms. The number of rotatable bonds is 1. The van der Waals surface area contributed by atoms with Gasteiger partial charge in [0, 0.05) is 5.54 Å². The summed E-state index contributed by atoms with van der Waals surface area (Å²) in [4.78, 5) is 0. The zero-order valence-electron chi connectivity index (χ0n) is 5.98. The van der Waals surface area contributed by atoms with Gasteiger partial charge in [0.15, 0.2) is 0 Å². The van der Waals surface area contributed by atoms with Crippen LogP contribution in [0.15, 0.2) is 0 Å². The van der Waals surface area contributed by atoms with E-state index in [1.165, 1.54) is 25.8 Å².